The van der Waals surface area contributed by atoms with Gasteiger partial charge in [0.25, 0.3) is 0 Å². The number of thiocarbonyl (C=S) groups is 1. The van der Waals surface area contributed by atoms with Gasteiger partial charge in [-0.3, -0.25) is 0 Å². The predicted octanol–water partition coefficient (Wildman–Crippen LogP) is 4.32. The van der Waals surface area contributed by atoms with Gasteiger partial charge in [-0.1, -0.05) is 42.0 Å². The molecule has 2 nitrogen and oxygen atoms in total. The maximum atomic E-state index is 5.80. The largest absolute Gasteiger partial charge is 0.389 e. The van der Waals surface area contributed by atoms with Gasteiger partial charge in [-0.05, 0) is 49.3 Å². The topological polar surface area (TPSA) is 38.0 Å². The molecule has 0 heterocycles. The van der Waals surface area contributed by atoms with E-state index in [1.165, 1.54) is 19.3 Å². The second-order valence-electron chi connectivity index (χ2n) is 5.81. The molecule has 104 valence electrons. The number of hydrogen-bond acceptors (Lipinski definition) is 2. The summed E-state index contributed by atoms with van der Waals surface area (Å²) in [6.45, 7) is 4.67. The normalized spacial score (nSPS) is 27.0. The summed E-state index contributed by atoms with van der Waals surface area (Å²) in [4.78, 5) is 0.451. The van der Waals surface area contributed by atoms with E-state index in [4.69, 9.17) is 18.0 Å². The number of benzene rings is 1. The highest BCUT2D eigenvalue weighted by Gasteiger charge is 2.24. The number of anilines is 1. The van der Waals surface area contributed by atoms with Crippen LogP contribution in [0.5, 0.6) is 0 Å². The van der Waals surface area contributed by atoms with E-state index in [-0.39, 0.29) is 0 Å². The van der Waals surface area contributed by atoms with Gasteiger partial charge in [0.2, 0.25) is 0 Å². The summed E-state index contributed by atoms with van der Waals surface area (Å²) in [5.41, 5.74) is 7.78. The molecule has 0 radical (unpaired) electrons. The lowest BCUT2D eigenvalue weighted by atomic mass is 9.80. The van der Waals surface area contributed by atoms with E-state index >= 15 is 0 Å². The van der Waals surface area contributed by atoms with Gasteiger partial charge >= 0.3 is 0 Å². The summed E-state index contributed by atoms with van der Waals surface area (Å²) in [5, 5.41) is 3.63. The highest BCUT2D eigenvalue weighted by atomic mass is 79.9. The minimum absolute atomic E-state index is 0.451. The molecule has 1 fully saturated rings. The van der Waals surface area contributed by atoms with E-state index in [0.717, 1.165) is 27.6 Å². The average Bonchev–Trinajstić information content (AvgIpc) is 2.26. The lowest BCUT2D eigenvalue weighted by molar-refractivity contribution is 0.281. The second-order valence-corrected chi connectivity index (χ2v) is 7.17. The third-order valence-electron chi connectivity index (χ3n) is 3.79. The first-order valence-corrected chi connectivity index (χ1v) is 8.01. The zero-order valence-corrected chi connectivity index (χ0v) is 13.9. The first-order chi connectivity index (χ1) is 8.95. The van der Waals surface area contributed by atoms with Crippen LogP contribution in [0.4, 0.5) is 5.69 Å². The van der Waals surface area contributed by atoms with Crippen molar-refractivity contribution in [1.82, 2.24) is 0 Å². The fourth-order valence-electron chi connectivity index (χ4n) is 3.14. The molecule has 0 aliphatic heterocycles. The molecule has 0 saturated heterocycles. The molecule has 1 saturated carbocycles. The molecule has 1 aromatic carbocycles. The van der Waals surface area contributed by atoms with Crippen molar-refractivity contribution in [2.75, 3.05) is 5.32 Å². The number of halogens is 1. The van der Waals surface area contributed by atoms with E-state index in [0.29, 0.717) is 11.0 Å². The van der Waals surface area contributed by atoms with Crippen molar-refractivity contribution in [3.8, 4) is 0 Å². The molecule has 0 aromatic heterocycles. The van der Waals surface area contributed by atoms with Crippen LogP contribution in [0.15, 0.2) is 22.7 Å². The maximum Gasteiger partial charge on any atom is 0.106 e. The highest BCUT2D eigenvalue weighted by Crippen LogP contribution is 2.32. The van der Waals surface area contributed by atoms with E-state index in [1.54, 1.807) is 0 Å². The molecule has 1 aliphatic carbocycles. The molecule has 0 spiro atoms. The Bertz CT molecular complexity index is 465. The molecule has 2 rings (SSSR count). The van der Waals surface area contributed by atoms with Crippen molar-refractivity contribution in [2.24, 2.45) is 17.6 Å². The highest BCUT2D eigenvalue weighted by molar-refractivity contribution is 9.10. The SMILES string of the molecule is CC1CC(C)CC(Nc2cc(Br)ccc2C(N)=S)C1. The Morgan fingerprint density at radius 3 is 2.47 bits per heavy atom. The minimum Gasteiger partial charge on any atom is -0.389 e. The minimum atomic E-state index is 0.451. The van der Waals surface area contributed by atoms with Gasteiger partial charge in [-0.15, -0.1) is 0 Å². The van der Waals surface area contributed by atoms with Crippen LogP contribution < -0.4 is 11.1 Å². The zero-order valence-electron chi connectivity index (χ0n) is 11.4. The van der Waals surface area contributed by atoms with E-state index < -0.39 is 0 Å². The van der Waals surface area contributed by atoms with Crippen molar-refractivity contribution in [3.05, 3.63) is 28.2 Å². The first-order valence-electron chi connectivity index (χ1n) is 6.81. The molecule has 1 aliphatic rings. The lowest BCUT2D eigenvalue weighted by Gasteiger charge is -2.33. The third-order valence-corrected chi connectivity index (χ3v) is 4.50. The van der Waals surface area contributed by atoms with Crippen molar-refractivity contribution < 1.29 is 0 Å². The Labute approximate surface area is 129 Å². The monoisotopic (exact) mass is 340 g/mol. The van der Waals surface area contributed by atoms with Gasteiger partial charge in [0, 0.05) is 21.8 Å². The van der Waals surface area contributed by atoms with Gasteiger partial charge in [-0.2, -0.15) is 0 Å². The van der Waals surface area contributed by atoms with Crippen molar-refractivity contribution in [3.63, 3.8) is 0 Å². The van der Waals surface area contributed by atoms with Gasteiger partial charge in [0.1, 0.15) is 4.99 Å². The summed E-state index contributed by atoms with van der Waals surface area (Å²) in [7, 11) is 0. The van der Waals surface area contributed by atoms with Crippen LogP contribution in [0.1, 0.15) is 38.7 Å². The molecule has 0 amide bonds. The quantitative estimate of drug-likeness (QED) is 0.804. The predicted molar refractivity (Wildman–Crippen MR) is 89.6 cm³/mol. The Balaban J connectivity index is 2.18. The average molecular weight is 341 g/mol. The molecule has 2 atom stereocenters. The third kappa shape index (κ3) is 3.93. The van der Waals surface area contributed by atoms with Crippen LogP contribution in [0.3, 0.4) is 0 Å². The van der Waals surface area contributed by atoms with E-state index in [1.807, 2.05) is 12.1 Å². The number of nitrogens with one attached hydrogen (secondary N) is 1. The summed E-state index contributed by atoms with van der Waals surface area (Å²) in [6, 6.07) is 6.54. The summed E-state index contributed by atoms with van der Waals surface area (Å²) >= 11 is 8.64. The fourth-order valence-corrected chi connectivity index (χ4v) is 3.67. The molecule has 1 aromatic rings. The van der Waals surface area contributed by atoms with Crippen LogP contribution in [0.2, 0.25) is 0 Å². The molecule has 2 unspecified atom stereocenters. The Morgan fingerprint density at radius 2 is 1.89 bits per heavy atom. The number of hydrogen-bond donors (Lipinski definition) is 2. The fraction of sp³-hybridized carbons (Fsp3) is 0.533. The Morgan fingerprint density at radius 1 is 1.26 bits per heavy atom. The molecule has 0 bridgehead atoms. The summed E-state index contributed by atoms with van der Waals surface area (Å²) in [5.74, 6) is 1.56. The van der Waals surface area contributed by atoms with Gasteiger partial charge in [-0.25, -0.2) is 0 Å². The van der Waals surface area contributed by atoms with Gasteiger partial charge in [0.05, 0.1) is 0 Å². The maximum absolute atomic E-state index is 5.80. The van der Waals surface area contributed by atoms with Crippen LogP contribution in [-0.4, -0.2) is 11.0 Å². The smallest absolute Gasteiger partial charge is 0.106 e. The second kappa shape index (κ2) is 6.23. The zero-order chi connectivity index (χ0) is 14.0. The Hall–Kier alpha value is -0.610. The first kappa shape index (κ1) is 14.8. The van der Waals surface area contributed by atoms with Crippen molar-refractivity contribution >= 4 is 38.8 Å². The standard InChI is InChI=1S/C15H21BrN2S/c1-9-5-10(2)7-12(6-9)18-14-8-11(16)3-4-13(14)15(17)19/h3-4,8-10,12,18H,5-7H2,1-2H3,(H2,17,19). The van der Waals surface area contributed by atoms with Crippen LogP contribution in [0.25, 0.3) is 0 Å². The van der Waals surface area contributed by atoms with Crippen LogP contribution >= 0.6 is 28.1 Å². The summed E-state index contributed by atoms with van der Waals surface area (Å²) < 4.78 is 1.05. The van der Waals surface area contributed by atoms with Crippen LogP contribution in [-0.2, 0) is 0 Å². The summed E-state index contributed by atoms with van der Waals surface area (Å²) in [6.07, 6.45) is 3.76. The molecule has 4 heteroatoms. The number of rotatable bonds is 3. The van der Waals surface area contributed by atoms with Gasteiger partial charge in [0.15, 0.2) is 0 Å². The lowest BCUT2D eigenvalue weighted by Crippen LogP contribution is -2.31. The van der Waals surface area contributed by atoms with Crippen LogP contribution in [0, 0.1) is 11.8 Å². The molecule has 3 N–H and O–H groups in total. The van der Waals surface area contributed by atoms with Crippen molar-refractivity contribution in [2.45, 2.75) is 39.2 Å². The van der Waals surface area contributed by atoms with Gasteiger partial charge < -0.3 is 11.1 Å². The molecule has 19 heavy (non-hydrogen) atoms. The van der Waals surface area contributed by atoms with E-state index in [9.17, 15) is 0 Å². The van der Waals surface area contributed by atoms with E-state index in [2.05, 4.69) is 41.2 Å². The number of nitrogens with two attached hydrogens (primary N) is 1. The molecular weight excluding hydrogens is 320 g/mol. The Kier molecular flexibility index (Phi) is 4.85. The van der Waals surface area contributed by atoms with Crippen molar-refractivity contribution in [1.29, 1.82) is 0 Å². The molecular formula is C15H21BrN2S.